The normalized spacial score (nSPS) is 17.8. The molecule has 2 aromatic rings. The van der Waals surface area contributed by atoms with Gasteiger partial charge < -0.3 is 67.9 Å². The van der Waals surface area contributed by atoms with Crippen LogP contribution in [0.5, 0.6) is 23.0 Å². The van der Waals surface area contributed by atoms with Crippen LogP contribution >= 0.6 is 0 Å². The highest BCUT2D eigenvalue weighted by Gasteiger charge is 2.40. The van der Waals surface area contributed by atoms with Gasteiger partial charge in [-0.05, 0) is 130 Å². The molecule has 4 atom stereocenters. The van der Waals surface area contributed by atoms with E-state index < -0.39 is 23.4 Å². The van der Waals surface area contributed by atoms with E-state index in [1.165, 1.54) is 0 Å². The van der Waals surface area contributed by atoms with Crippen molar-refractivity contribution in [2.45, 2.75) is 151 Å². The van der Waals surface area contributed by atoms with Crippen molar-refractivity contribution in [3.8, 4) is 23.0 Å². The van der Waals surface area contributed by atoms with Gasteiger partial charge >= 0.3 is 12.2 Å². The molecule has 76 heavy (non-hydrogen) atoms. The van der Waals surface area contributed by atoms with Crippen LogP contribution in [-0.2, 0) is 23.7 Å². The van der Waals surface area contributed by atoms with Gasteiger partial charge in [-0.3, -0.25) is 14.4 Å². The zero-order valence-corrected chi connectivity index (χ0v) is 48.7. The summed E-state index contributed by atoms with van der Waals surface area (Å²) in [4.78, 5) is 73.0. The predicted octanol–water partition coefficient (Wildman–Crippen LogP) is 8.33. The lowest BCUT2D eigenvalue weighted by Crippen LogP contribution is -2.57. The van der Waals surface area contributed by atoms with Gasteiger partial charge in [0, 0.05) is 115 Å². The van der Waals surface area contributed by atoms with Crippen LogP contribution in [0.3, 0.4) is 0 Å². The minimum absolute atomic E-state index is 0.0148. The number of likely N-dealkylation sites (tertiary alicyclic amines) is 2. The predicted molar refractivity (Wildman–Crippen MR) is 292 cm³/mol. The second-order valence-corrected chi connectivity index (χ2v) is 22.6. The smallest absolute Gasteiger partial charge is 0.410 e. The molecule has 0 aliphatic carbocycles. The minimum Gasteiger partial charge on any atom is -0.493 e. The number of hydrogen-bond donors (Lipinski definition) is 2. The molecule has 0 aromatic heterocycles. The molecule has 430 valence electrons. The van der Waals surface area contributed by atoms with Gasteiger partial charge in [0.05, 0.1) is 39.5 Å². The second kappa shape index (κ2) is 31.0. The van der Waals surface area contributed by atoms with E-state index in [0.29, 0.717) is 125 Å². The maximum Gasteiger partial charge on any atom is 0.410 e. The number of nitrogens with zero attached hydrogens (tertiary/aromatic N) is 4. The third-order valence-electron chi connectivity index (χ3n) is 12.5. The van der Waals surface area contributed by atoms with Gasteiger partial charge in [-0.2, -0.15) is 0 Å². The molecule has 19 nitrogen and oxygen atoms in total. The Hall–Kier alpha value is -5.53. The van der Waals surface area contributed by atoms with Crippen LogP contribution in [0.1, 0.15) is 136 Å². The van der Waals surface area contributed by atoms with Crippen LogP contribution in [0, 0.1) is 17.8 Å². The summed E-state index contributed by atoms with van der Waals surface area (Å²) in [5, 5.41) is 12.9. The fourth-order valence-electron chi connectivity index (χ4n) is 9.24. The van der Waals surface area contributed by atoms with E-state index in [2.05, 4.69) is 5.32 Å². The van der Waals surface area contributed by atoms with E-state index >= 15 is 0 Å². The van der Waals surface area contributed by atoms with Gasteiger partial charge in [0.1, 0.15) is 11.2 Å². The molecule has 0 spiro atoms. The number of nitrogens with one attached hydrogen (secondary N) is 1. The van der Waals surface area contributed by atoms with E-state index in [1.54, 1.807) is 79.5 Å². The van der Waals surface area contributed by atoms with Crippen LogP contribution in [0.25, 0.3) is 0 Å². The Morgan fingerprint density at radius 2 is 1.01 bits per heavy atom. The first kappa shape index (κ1) is 64.8. The highest BCUT2D eigenvalue weighted by molar-refractivity contribution is 5.96. The van der Waals surface area contributed by atoms with Gasteiger partial charge in [0.2, 0.25) is 5.91 Å². The van der Waals surface area contributed by atoms with Crippen molar-refractivity contribution in [3.63, 3.8) is 0 Å². The molecule has 2 aliphatic rings. The molecule has 2 saturated heterocycles. The molecule has 2 fully saturated rings. The van der Waals surface area contributed by atoms with E-state index in [0.717, 1.165) is 0 Å². The maximum absolute atomic E-state index is 14.0. The highest BCUT2D eigenvalue weighted by Crippen LogP contribution is 2.33. The summed E-state index contributed by atoms with van der Waals surface area (Å²) in [6, 6.07) is 9.50. The number of ether oxygens (including phenoxy) is 8. The van der Waals surface area contributed by atoms with Crippen LogP contribution in [0.15, 0.2) is 36.4 Å². The molecule has 5 amide bonds. The first-order valence-electron chi connectivity index (χ1n) is 26.8. The molecule has 2 N–H and O–H groups in total. The number of carbonyl (C=O) groups is 5. The summed E-state index contributed by atoms with van der Waals surface area (Å²) in [7, 11) is 6.39. The van der Waals surface area contributed by atoms with Crippen molar-refractivity contribution < 1.29 is 67.0 Å². The number of piperidine rings is 2. The zero-order valence-electron chi connectivity index (χ0n) is 48.7. The maximum atomic E-state index is 14.0. The molecule has 2 heterocycles. The highest BCUT2D eigenvalue weighted by atomic mass is 16.6. The van der Waals surface area contributed by atoms with Crippen LogP contribution in [0.4, 0.5) is 9.59 Å². The summed E-state index contributed by atoms with van der Waals surface area (Å²) < 4.78 is 44.0. The second-order valence-electron chi connectivity index (χ2n) is 22.6. The summed E-state index contributed by atoms with van der Waals surface area (Å²) >= 11 is 0. The summed E-state index contributed by atoms with van der Waals surface area (Å²) in [6.45, 7) is 26.6. The Morgan fingerprint density at radius 1 is 0.605 bits per heavy atom. The number of methoxy groups -OCH3 is 4. The largest absolute Gasteiger partial charge is 0.493 e. The van der Waals surface area contributed by atoms with Gasteiger partial charge in [0.25, 0.3) is 11.8 Å². The van der Waals surface area contributed by atoms with Crippen LogP contribution < -0.4 is 24.3 Å². The monoisotopic (exact) mass is 1070 g/mol. The van der Waals surface area contributed by atoms with Gasteiger partial charge in [-0.1, -0.05) is 13.8 Å². The summed E-state index contributed by atoms with van der Waals surface area (Å²) in [5.74, 6) is 1.78. The Bertz CT molecular complexity index is 2140. The standard InChI is InChI=1S/C31H51N3O7.C26H42N2O7/c1-21(2)15-28(35)32-18-23-16-25(20-33(19-23)30(37)41-31(5,6)7)34(22(3)4)29(36)24-11-12-26(39-9)27(17-24)40-14-10-13-38-8;1-18(2)28(21-13-19(17-29)15-27(16-21)25(31)35-26(3,4)5)24(30)20-9-10-22(33-7)23(14-20)34-12-8-11-32-6/h11-12,17,21-23,25H,10,13-16,18-20H2,1-9H3,(H,32,35);9-10,14,18-19,21,29H,8,11-13,15-17H2,1-7H3/t23-,25?;19-,21?/m10/s1. The third kappa shape index (κ3) is 21.1. The average Bonchev–Trinajstić information content (AvgIpc) is 3.34. The fourth-order valence-corrected chi connectivity index (χ4v) is 9.24. The zero-order chi connectivity index (χ0) is 56.9. The Kier molecular flexibility index (Phi) is 26.4. The van der Waals surface area contributed by atoms with Crippen molar-refractivity contribution >= 4 is 29.9 Å². The Morgan fingerprint density at radius 3 is 1.37 bits per heavy atom. The van der Waals surface area contributed by atoms with Crippen molar-refractivity contribution in [2.24, 2.45) is 17.8 Å². The number of aliphatic hydroxyl groups is 1. The lowest BCUT2D eigenvalue weighted by atomic mass is 9.91. The number of benzene rings is 2. The van der Waals surface area contributed by atoms with E-state index in [4.69, 9.17) is 37.9 Å². The van der Waals surface area contributed by atoms with Gasteiger partial charge in [0.15, 0.2) is 23.0 Å². The molecule has 0 radical (unpaired) electrons. The summed E-state index contributed by atoms with van der Waals surface area (Å²) in [5.41, 5.74) is -0.343. The number of hydrogen-bond acceptors (Lipinski definition) is 14. The van der Waals surface area contributed by atoms with Gasteiger partial charge in [-0.25, -0.2) is 9.59 Å². The van der Waals surface area contributed by atoms with E-state index in [9.17, 15) is 29.1 Å². The average molecular weight is 1070 g/mol. The molecule has 19 heteroatoms. The van der Waals surface area contributed by atoms with Crippen molar-refractivity contribution in [2.75, 3.05) is 94.2 Å². The SMILES string of the molecule is COCCCOc1cc(C(=O)N(C(C)C)C2C[C@H](CNC(=O)CC(C)C)CN(C(=O)OC(C)(C)C)C2)ccc1OC.COCCCOc1cc(C(=O)N(C(C)C)C2C[C@H](CO)CN(C(=O)OC(C)(C)C)C2)ccc1OC. The molecule has 0 bridgehead atoms. The van der Waals surface area contributed by atoms with Crippen LogP contribution in [0.2, 0.25) is 0 Å². The van der Waals surface area contributed by atoms with Gasteiger partial charge in [-0.15, -0.1) is 0 Å². The first-order valence-corrected chi connectivity index (χ1v) is 26.8. The first-order chi connectivity index (χ1) is 35.7. The lowest BCUT2D eigenvalue weighted by Gasteiger charge is -2.44. The quantitative estimate of drug-likeness (QED) is 0.101. The molecular weight excluding hydrogens is 979 g/mol. The number of carbonyl (C=O) groups excluding carboxylic acids is 5. The van der Waals surface area contributed by atoms with E-state index in [-0.39, 0.29) is 66.2 Å². The number of amides is 5. The fraction of sp³-hybridized carbons (Fsp3) is 0.702. The molecule has 2 aromatic carbocycles. The topological polar surface area (TPSA) is 204 Å². The third-order valence-corrected chi connectivity index (χ3v) is 12.5. The van der Waals surface area contributed by atoms with Crippen LogP contribution in [-0.4, -0.2) is 184 Å². The number of rotatable bonds is 23. The minimum atomic E-state index is -0.651. The molecule has 2 unspecified atom stereocenters. The molecule has 0 saturated carbocycles. The van der Waals surface area contributed by atoms with Crippen molar-refractivity contribution in [1.29, 1.82) is 0 Å². The Balaban J connectivity index is 0.000000405. The molecule has 4 rings (SSSR count). The summed E-state index contributed by atoms with van der Waals surface area (Å²) in [6.07, 6.45) is 2.23. The lowest BCUT2D eigenvalue weighted by molar-refractivity contribution is -0.122. The number of aliphatic hydroxyl groups excluding tert-OH is 1. The van der Waals surface area contributed by atoms with Crippen molar-refractivity contribution in [3.05, 3.63) is 47.5 Å². The Labute approximate surface area is 453 Å². The van der Waals surface area contributed by atoms with E-state index in [1.807, 2.05) is 88.0 Å². The molecular formula is C57H93N5O14. The van der Waals surface area contributed by atoms with Crippen molar-refractivity contribution in [1.82, 2.24) is 24.9 Å². The molecule has 2 aliphatic heterocycles.